The number of amides is 1. The Bertz CT molecular complexity index is 881. The van der Waals surface area contributed by atoms with Crippen LogP contribution in [-0.2, 0) is 10.0 Å². The minimum absolute atomic E-state index is 0.0623. The largest absolute Gasteiger partial charge is 0.345 e. The van der Waals surface area contributed by atoms with Crippen molar-refractivity contribution in [2.24, 2.45) is 11.8 Å². The van der Waals surface area contributed by atoms with Gasteiger partial charge >= 0.3 is 0 Å². The highest BCUT2D eigenvalue weighted by Gasteiger charge is 2.41. The molecule has 26 heavy (non-hydrogen) atoms. The predicted octanol–water partition coefficient (Wildman–Crippen LogP) is 3.11. The zero-order valence-electron chi connectivity index (χ0n) is 15.0. The molecule has 2 aromatic carbocycles. The molecular weight excluding hydrogens is 348 g/mol. The van der Waals surface area contributed by atoms with E-state index in [4.69, 9.17) is 0 Å². The monoisotopic (exact) mass is 372 g/mol. The molecule has 0 radical (unpaired) electrons. The van der Waals surface area contributed by atoms with Crippen LogP contribution in [0.3, 0.4) is 0 Å². The molecule has 0 aliphatic heterocycles. The van der Waals surface area contributed by atoms with Crippen molar-refractivity contribution >= 4 is 15.9 Å². The molecule has 138 valence electrons. The lowest BCUT2D eigenvalue weighted by molar-refractivity contribution is 0.0930. The molecule has 1 saturated carbocycles. The Morgan fingerprint density at radius 3 is 2.46 bits per heavy atom. The van der Waals surface area contributed by atoms with Crippen molar-refractivity contribution < 1.29 is 13.2 Å². The molecule has 0 heterocycles. The van der Waals surface area contributed by atoms with Crippen LogP contribution in [0.5, 0.6) is 0 Å². The third-order valence-electron chi connectivity index (χ3n) is 4.79. The fourth-order valence-corrected chi connectivity index (χ4v) is 4.30. The summed E-state index contributed by atoms with van der Waals surface area (Å²) in [4.78, 5) is 12.9. The van der Waals surface area contributed by atoms with Gasteiger partial charge in [-0.1, -0.05) is 50.2 Å². The summed E-state index contributed by atoms with van der Waals surface area (Å²) >= 11 is 0. The van der Waals surface area contributed by atoms with Gasteiger partial charge in [-0.15, -0.1) is 0 Å². The van der Waals surface area contributed by atoms with Gasteiger partial charge in [-0.05, 0) is 42.0 Å². The molecule has 6 heteroatoms. The van der Waals surface area contributed by atoms with Gasteiger partial charge in [0.05, 0.1) is 10.9 Å². The lowest BCUT2D eigenvalue weighted by Gasteiger charge is -2.19. The van der Waals surface area contributed by atoms with Crippen LogP contribution in [0, 0.1) is 11.8 Å². The van der Waals surface area contributed by atoms with Gasteiger partial charge in [0, 0.05) is 12.1 Å². The van der Waals surface area contributed by atoms with E-state index in [9.17, 15) is 13.2 Å². The minimum Gasteiger partial charge on any atom is -0.345 e. The first-order valence-electron chi connectivity index (χ1n) is 8.88. The summed E-state index contributed by atoms with van der Waals surface area (Å²) in [6, 6.07) is 16.0. The van der Waals surface area contributed by atoms with E-state index in [1.54, 1.807) is 19.1 Å². The van der Waals surface area contributed by atoms with Crippen LogP contribution in [0.15, 0.2) is 59.5 Å². The number of sulfonamides is 1. The maximum Gasteiger partial charge on any atom is 0.251 e. The van der Waals surface area contributed by atoms with Crippen molar-refractivity contribution in [3.8, 4) is 0 Å². The maximum atomic E-state index is 12.8. The number of carbonyl (C=O) groups is 1. The summed E-state index contributed by atoms with van der Waals surface area (Å²) in [5, 5.41) is 3.10. The van der Waals surface area contributed by atoms with E-state index in [1.807, 2.05) is 30.3 Å². The number of hydrogen-bond donors (Lipinski definition) is 2. The average Bonchev–Trinajstić information content (AvgIpc) is 3.36. The Balaban J connectivity index is 1.82. The van der Waals surface area contributed by atoms with E-state index in [0.29, 0.717) is 23.9 Å². The second-order valence-corrected chi connectivity index (χ2v) is 8.53. The standard InChI is InChI=1S/C20H24N2O3S/c1-3-21-26(24,25)17-11-7-10-16(13-17)20(23)22-19(18-12-14(18)2)15-8-5-4-6-9-15/h4-11,13-14,18-19,21H,3,12H2,1-2H3,(H,22,23). The number of rotatable bonds is 7. The van der Waals surface area contributed by atoms with Crippen LogP contribution in [0.25, 0.3) is 0 Å². The first kappa shape index (κ1) is 18.6. The molecule has 1 aliphatic rings. The quantitative estimate of drug-likeness (QED) is 0.784. The first-order valence-corrected chi connectivity index (χ1v) is 10.4. The molecular formula is C20H24N2O3S. The lowest BCUT2D eigenvalue weighted by Crippen LogP contribution is -2.30. The summed E-state index contributed by atoms with van der Waals surface area (Å²) in [6.07, 6.45) is 1.08. The molecule has 5 nitrogen and oxygen atoms in total. The summed E-state index contributed by atoms with van der Waals surface area (Å²) < 4.78 is 26.8. The highest BCUT2D eigenvalue weighted by atomic mass is 32.2. The SMILES string of the molecule is CCNS(=O)(=O)c1cccc(C(=O)NC(c2ccccc2)C2CC2C)c1. The van der Waals surface area contributed by atoms with Gasteiger partial charge in [0.15, 0.2) is 0 Å². The Morgan fingerprint density at radius 1 is 1.15 bits per heavy atom. The van der Waals surface area contributed by atoms with Crippen LogP contribution in [0.4, 0.5) is 0 Å². The molecule has 1 fully saturated rings. The molecule has 0 aromatic heterocycles. The van der Waals surface area contributed by atoms with E-state index >= 15 is 0 Å². The molecule has 3 unspecified atom stereocenters. The highest BCUT2D eigenvalue weighted by Crippen LogP contribution is 2.47. The zero-order valence-corrected chi connectivity index (χ0v) is 15.8. The average molecular weight is 372 g/mol. The molecule has 1 aliphatic carbocycles. The summed E-state index contributed by atoms with van der Waals surface area (Å²) in [5.74, 6) is 0.725. The zero-order chi connectivity index (χ0) is 18.7. The van der Waals surface area contributed by atoms with Gasteiger partial charge in [0.1, 0.15) is 0 Å². The topological polar surface area (TPSA) is 75.3 Å². The first-order chi connectivity index (χ1) is 12.4. The van der Waals surface area contributed by atoms with Crippen LogP contribution < -0.4 is 10.0 Å². The molecule has 2 N–H and O–H groups in total. The number of carbonyl (C=O) groups excluding carboxylic acids is 1. The van der Waals surface area contributed by atoms with E-state index in [-0.39, 0.29) is 16.8 Å². The summed E-state index contributed by atoms with van der Waals surface area (Å²) in [7, 11) is -3.59. The van der Waals surface area contributed by atoms with E-state index in [0.717, 1.165) is 12.0 Å². The van der Waals surface area contributed by atoms with Gasteiger partial charge in [-0.3, -0.25) is 4.79 Å². The lowest BCUT2D eigenvalue weighted by atomic mass is 10.0. The number of hydrogen-bond acceptors (Lipinski definition) is 3. The van der Waals surface area contributed by atoms with Crippen LogP contribution in [0.1, 0.15) is 42.2 Å². The number of benzene rings is 2. The van der Waals surface area contributed by atoms with Gasteiger partial charge in [0.2, 0.25) is 10.0 Å². The second-order valence-electron chi connectivity index (χ2n) is 6.77. The third-order valence-corrected chi connectivity index (χ3v) is 6.33. The van der Waals surface area contributed by atoms with Crippen molar-refractivity contribution in [3.05, 3.63) is 65.7 Å². The highest BCUT2D eigenvalue weighted by molar-refractivity contribution is 7.89. The summed E-state index contributed by atoms with van der Waals surface area (Å²) in [6.45, 7) is 4.19. The van der Waals surface area contributed by atoms with Crippen molar-refractivity contribution in [1.29, 1.82) is 0 Å². The van der Waals surface area contributed by atoms with Crippen molar-refractivity contribution in [1.82, 2.24) is 10.0 Å². The third kappa shape index (κ3) is 4.14. The fourth-order valence-electron chi connectivity index (χ4n) is 3.22. The second kappa shape index (κ2) is 7.60. The van der Waals surface area contributed by atoms with E-state index < -0.39 is 10.0 Å². The van der Waals surface area contributed by atoms with Gasteiger partial charge in [-0.25, -0.2) is 13.1 Å². The maximum absolute atomic E-state index is 12.8. The Labute approximate surface area is 154 Å². The smallest absolute Gasteiger partial charge is 0.251 e. The van der Waals surface area contributed by atoms with Crippen molar-refractivity contribution in [2.45, 2.75) is 31.2 Å². The Morgan fingerprint density at radius 2 is 1.85 bits per heavy atom. The van der Waals surface area contributed by atoms with Gasteiger partial charge in [-0.2, -0.15) is 0 Å². The van der Waals surface area contributed by atoms with Gasteiger partial charge in [0.25, 0.3) is 5.91 Å². The molecule has 0 bridgehead atoms. The van der Waals surface area contributed by atoms with Gasteiger partial charge < -0.3 is 5.32 Å². The predicted molar refractivity (Wildman–Crippen MR) is 101 cm³/mol. The fraction of sp³-hybridized carbons (Fsp3) is 0.350. The van der Waals surface area contributed by atoms with Crippen LogP contribution >= 0.6 is 0 Å². The van der Waals surface area contributed by atoms with Crippen LogP contribution in [0.2, 0.25) is 0 Å². The Kier molecular flexibility index (Phi) is 5.44. The number of nitrogens with one attached hydrogen (secondary N) is 2. The van der Waals surface area contributed by atoms with E-state index in [2.05, 4.69) is 17.0 Å². The molecule has 1 amide bonds. The van der Waals surface area contributed by atoms with Crippen LogP contribution in [-0.4, -0.2) is 20.9 Å². The van der Waals surface area contributed by atoms with Crippen molar-refractivity contribution in [2.75, 3.05) is 6.54 Å². The molecule has 3 rings (SSSR count). The molecule has 0 saturated heterocycles. The normalized spacial score (nSPS) is 20.4. The molecule has 2 aromatic rings. The van der Waals surface area contributed by atoms with Crippen molar-refractivity contribution in [3.63, 3.8) is 0 Å². The molecule has 3 atom stereocenters. The minimum atomic E-state index is -3.59. The Hall–Kier alpha value is -2.18. The molecule has 0 spiro atoms. The summed E-state index contributed by atoms with van der Waals surface area (Å²) in [5.41, 5.74) is 1.42. The van der Waals surface area contributed by atoms with E-state index in [1.165, 1.54) is 12.1 Å².